The van der Waals surface area contributed by atoms with Crippen molar-refractivity contribution < 1.29 is 9.94 Å². The van der Waals surface area contributed by atoms with Crippen LogP contribution in [0.25, 0.3) is 0 Å². The van der Waals surface area contributed by atoms with E-state index in [1.54, 1.807) is 12.3 Å². The number of rotatable bonds is 4. The van der Waals surface area contributed by atoms with Gasteiger partial charge in [0.25, 0.3) is 0 Å². The maximum atomic E-state index is 8.71. The van der Waals surface area contributed by atoms with E-state index in [2.05, 4.69) is 26.1 Å². The molecule has 0 atom stereocenters. The Morgan fingerprint density at radius 2 is 2.05 bits per heavy atom. The first-order chi connectivity index (χ1) is 9.20. The number of ether oxygens (including phenoxy) is 1. The second-order valence-electron chi connectivity index (χ2n) is 3.77. The van der Waals surface area contributed by atoms with Crippen molar-refractivity contribution in [1.29, 1.82) is 0 Å². The number of benzene rings is 1. The molecule has 0 radical (unpaired) electrons. The van der Waals surface area contributed by atoms with Gasteiger partial charge in [-0.2, -0.15) is 0 Å². The highest BCUT2D eigenvalue weighted by Gasteiger charge is 2.08. The lowest BCUT2D eigenvalue weighted by Crippen LogP contribution is -2.15. The van der Waals surface area contributed by atoms with E-state index >= 15 is 0 Å². The molecule has 0 aliphatic heterocycles. The molecule has 0 fully saturated rings. The molecule has 0 saturated heterocycles. The first-order valence-corrected chi connectivity index (χ1v) is 6.29. The van der Waals surface area contributed by atoms with E-state index in [0.717, 1.165) is 10.0 Å². The molecule has 2 aromatic rings. The monoisotopic (exact) mass is 321 g/mol. The van der Waals surface area contributed by atoms with Gasteiger partial charge < -0.3 is 15.7 Å². The number of oxime groups is 1. The van der Waals surface area contributed by atoms with Crippen LogP contribution in [0.3, 0.4) is 0 Å². The normalized spacial score (nSPS) is 11.3. The van der Waals surface area contributed by atoms with E-state index in [1.165, 1.54) is 6.20 Å². The molecule has 2 rings (SSSR count). The van der Waals surface area contributed by atoms with Gasteiger partial charge in [0.15, 0.2) is 5.84 Å². The minimum Gasteiger partial charge on any atom is -0.487 e. The number of hydrogen-bond acceptors (Lipinski definition) is 4. The van der Waals surface area contributed by atoms with Crippen LogP contribution in [0.2, 0.25) is 0 Å². The Morgan fingerprint density at radius 1 is 1.32 bits per heavy atom. The summed E-state index contributed by atoms with van der Waals surface area (Å²) in [5, 5.41) is 11.7. The molecule has 3 N–H and O–H groups in total. The number of nitrogens with zero attached hydrogens (tertiary/aromatic N) is 2. The van der Waals surface area contributed by atoms with Crippen LogP contribution in [0.1, 0.15) is 11.1 Å². The zero-order valence-electron chi connectivity index (χ0n) is 9.95. The summed E-state index contributed by atoms with van der Waals surface area (Å²) in [7, 11) is 0. The SMILES string of the molecule is N/C(=N/O)c1ccncc1OCc1ccc(Br)cc1. The smallest absolute Gasteiger partial charge is 0.173 e. The molecule has 19 heavy (non-hydrogen) atoms. The summed E-state index contributed by atoms with van der Waals surface area (Å²) in [4.78, 5) is 3.96. The minimum absolute atomic E-state index is 0.00629. The molecule has 0 unspecified atom stereocenters. The van der Waals surface area contributed by atoms with Gasteiger partial charge in [-0.25, -0.2) is 0 Å². The Hall–Kier alpha value is -2.08. The van der Waals surface area contributed by atoms with E-state index in [4.69, 9.17) is 15.7 Å². The minimum atomic E-state index is -0.00629. The lowest BCUT2D eigenvalue weighted by molar-refractivity contribution is 0.302. The molecule has 1 heterocycles. The third-order valence-electron chi connectivity index (χ3n) is 2.48. The van der Waals surface area contributed by atoms with E-state index in [1.807, 2.05) is 24.3 Å². The average Bonchev–Trinajstić information content (AvgIpc) is 2.46. The average molecular weight is 322 g/mol. The fourth-order valence-electron chi connectivity index (χ4n) is 1.50. The van der Waals surface area contributed by atoms with Gasteiger partial charge in [0, 0.05) is 10.7 Å². The van der Waals surface area contributed by atoms with Crippen LogP contribution in [-0.2, 0) is 6.61 Å². The zero-order chi connectivity index (χ0) is 13.7. The molecule has 0 saturated carbocycles. The summed E-state index contributed by atoms with van der Waals surface area (Å²) in [6.45, 7) is 0.380. The number of hydrogen-bond donors (Lipinski definition) is 2. The lowest BCUT2D eigenvalue weighted by atomic mass is 10.2. The molecular formula is C13H12BrN3O2. The molecule has 0 aliphatic rings. The fraction of sp³-hybridized carbons (Fsp3) is 0.0769. The molecule has 98 valence electrons. The molecular weight excluding hydrogens is 310 g/mol. The van der Waals surface area contributed by atoms with Gasteiger partial charge in [-0.15, -0.1) is 0 Å². The summed E-state index contributed by atoms with van der Waals surface area (Å²) in [6, 6.07) is 9.40. The fourth-order valence-corrected chi connectivity index (χ4v) is 1.77. The van der Waals surface area contributed by atoms with Crippen LogP contribution in [0.5, 0.6) is 5.75 Å². The van der Waals surface area contributed by atoms with Crippen molar-refractivity contribution in [3.8, 4) is 5.75 Å². The molecule has 1 aromatic heterocycles. The Morgan fingerprint density at radius 3 is 2.74 bits per heavy atom. The van der Waals surface area contributed by atoms with Gasteiger partial charge in [0.05, 0.1) is 11.8 Å². The Bertz CT molecular complexity index is 585. The van der Waals surface area contributed by atoms with Gasteiger partial charge in [0.2, 0.25) is 0 Å². The summed E-state index contributed by atoms with van der Waals surface area (Å²) in [5.41, 5.74) is 7.09. The molecule has 0 spiro atoms. The van der Waals surface area contributed by atoms with Crippen molar-refractivity contribution in [3.05, 3.63) is 58.3 Å². The summed E-state index contributed by atoms with van der Waals surface area (Å²) in [6.07, 6.45) is 3.09. The Balaban J connectivity index is 2.13. The van der Waals surface area contributed by atoms with Crippen molar-refractivity contribution in [1.82, 2.24) is 4.98 Å². The van der Waals surface area contributed by atoms with Gasteiger partial charge in [-0.05, 0) is 23.8 Å². The van der Waals surface area contributed by atoms with Gasteiger partial charge >= 0.3 is 0 Å². The topological polar surface area (TPSA) is 80.7 Å². The van der Waals surface area contributed by atoms with Gasteiger partial charge in [0.1, 0.15) is 12.4 Å². The van der Waals surface area contributed by atoms with Crippen LogP contribution >= 0.6 is 15.9 Å². The second kappa shape index (κ2) is 6.19. The first-order valence-electron chi connectivity index (χ1n) is 5.50. The number of pyridine rings is 1. The molecule has 0 bridgehead atoms. The van der Waals surface area contributed by atoms with E-state index in [9.17, 15) is 0 Å². The highest BCUT2D eigenvalue weighted by atomic mass is 79.9. The van der Waals surface area contributed by atoms with Crippen molar-refractivity contribution in [2.24, 2.45) is 10.9 Å². The van der Waals surface area contributed by atoms with Crippen LogP contribution in [-0.4, -0.2) is 16.0 Å². The summed E-state index contributed by atoms with van der Waals surface area (Å²) in [5.74, 6) is 0.467. The van der Waals surface area contributed by atoms with Crippen molar-refractivity contribution in [2.75, 3.05) is 0 Å². The number of amidine groups is 1. The highest BCUT2D eigenvalue weighted by Crippen LogP contribution is 2.18. The van der Waals surface area contributed by atoms with Crippen molar-refractivity contribution in [2.45, 2.75) is 6.61 Å². The van der Waals surface area contributed by atoms with Crippen molar-refractivity contribution in [3.63, 3.8) is 0 Å². The molecule has 1 aromatic carbocycles. The number of aromatic nitrogens is 1. The highest BCUT2D eigenvalue weighted by molar-refractivity contribution is 9.10. The molecule has 5 nitrogen and oxygen atoms in total. The zero-order valence-corrected chi connectivity index (χ0v) is 11.5. The van der Waals surface area contributed by atoms with Crippen LogP contribution in [0, 0.1) is 0 Å². The second-order valence-corrected chi connectivity index (χ2v) is 4.69. The van der Waals surface area contributed by atoms with E-state index < -0.39 is 0 Å². The standard InChI is InChI=1S/C13H12BrN3O2/c14-10-3-1-9(2-4-10)8-19-12-7-16-6-5-11(12)13(15)17-18/h1-7,18H,8H2,(H2,15,17). The van der Waals surface area contributed by atoms with E-state index in [-0.39, 0.29) is 5.84 Å². The quantitative estimate of drug-likeness (QED) is 0.392. The van der Waals surface area contributed by atoms with Crippen LogP contribution in [0.4, 0.5) is 0 Å². The Labute approximate surface area is 118 Å². The number of nitrogens with two attached hydrogens (primary N) is 1. The third-order valence-corrected chi connectivity index (χ3v) is 3.00. The van der Waals surface area contributed by atoms with E-state index in [0.29, 0.717) is 17.9 Å². The van der Waals surface area contributed by atoms with Gasteiger partial charge in [-0.1, -0.05) is 33.2 Å². The largest absolute Gasteiger partial charge is 0.487 e. The Kier molecular flexibility index (Phi) is 4.35. The number of halogens is 1. The summed E-state index contributed by atoms with van der Waals surface area (Å²) >= 11 is 3.37. The first kappa shape index (κ1) is 13.4. The maximum Gasteiger partial charge on any atom is 0.173 e. The van der Waals surface area contributed by atoms with Crippen LogP contribution in [0.15, 0.2) is 52.4 Å². The summed E-state index contributed by atoms with van der Waals surface area (Å²) < 4.78 is 6.65. The predicted molar refractivity (Wildman–Crippen MR) is 75.2 cm³/mol. The third kappa shape index (κ3) is 3.45. The maximum absolute atomic E-state index is 8.71. The molecule has 0 aliphatic carbocycles. The predicted octanol–water partition coefficient (Wildman–Crippen LogP) is 2.52. The van der Waals surface area contributed by atoms with Crippen LogP contribution < -0.4 is 10.5 Å². The molecule has 6 heteroatoms. The molecule has 0 amide bonds. The van der Waals surface area contributed by atoms with Gasteiger partial charge in [-0.3, -0.25) is 4.98 Å². The van der Waals surface area contributed by atoms with Crippen molar-refractivity contribution >= 4 is 21.8 Å². The lowest BCUT2D eigenvalue weighted by Gasteiger charge is -2.09.